The van der Waals surface area contributed by atoms with Gasteiger partial charge in [-0.1, -0.05) is 44.4 Å². The predicted octanol–water partition coefficient (Wildman–Crippen LogP) is 6.68. The lowest BCUT2D eigenvalue weighted by Gasteiger charge is -2.34. The Kier molecular flexibility index (Phi) is 7.32. The predicted molar refractivity (Wildman–Crippen MR) is 161 cm³/mol. The average Bonchev–Trinajstić information content (AvgIpc) is 3.63. The van der Waals surface area contributed by atoms with Crippen LogP contribution in [-0.4, -0.2) is 27.1 Å². The van der Waals surface area contributed by atoms with Crippen LogP contribution in [0, 0.1) is 36.5 Å². The quantitative estimate of drug-likeness (QED) is 0.180. The highest BCUT2D eigenvalue weighted by atomic mass is 35.5. The highest BCUT2D eigenvalue weighted by molar-refractivity contribution is 6.35. The first-order chi connectivity index (χ1) is 18.9. The molecule has 2 aliphatic rings. The monoisotopic (exact) mass is 561 g/mol. The highest BCUT2D eigenvalue weighted by Gasteiger charge is 2.43. The van der Waals surface area contributed by atoms with E-state index in [1.165, 1.54) is 18.9 Å². The van der Waals surface area contributed by atoms with Gasteiger partial charge in [-0.2, -0.15) is 4.39 Å². The smallest absolute Gasteiger partial charge is 0.213 e. The van der Waals surface area contributed by atoms with Crippen LogP contribution in [0.3, 0.4) is 0 Å². The van der Waals surface area contributed by atoms with E-state index in [0.29, 0.717) is 34.3 Å². The Labute approximate surface area is 240 Å². The van der Waals surface area contributed by atoms with Gasteiger partial charge in [0.05, 0.1) is 39.1 Å². The number of aryl methyl sites for hydroxylation is 1. The minimum absolute atomic E-state index is 0.0348. The molecular weight excluding hydrogens is 525 g/mol. The van der Waals surface area contributed by atoms with Gasteiger partial charge in [-0.3, -0.25) is 9.99 Å². The summed E-state index contributed by atoms with van der Waals surface area (Å²) in [6, 6.07) is 6.65. The number of aromatic nitrogens is 2. The van der Waals surface area contributed by atoms with Crippen LogP contribution in [0.4, 0.5) is 15.8 Å². The van der Waals surface area contributed by atoms with E-state index < -0.39 is 5.95 Å². The SMILES string of the molecule is C#Cc1cnc2c(Cl)cc(N[C@H](C3=CN(C(C)(C)C4CC4)NN3)c3ccc(F)nc3C)cc2c1NCC(C)(C)C. The number of hydrazine groups is 2. The lowest BCUT2D eigenvalue weighted by Crippen LogP contribution is -2.50. The fourth-order valence-corrected chi connectivity index (χ4v) is 5.37. The lowest BCUT2D eigenvalue weighted by atomic mass is 9.96. The summed E-state index contributed by atoms with van der Waals surface area (Å²) in [5, 5.41) is 10.6. The van der Waals surface area contributed by atoms with Gasteiger partial charge >= 0.3 is 0 Å². The number of rotatable bonds is 8. The number of pyridine rings is 2. The van der Waals surface area contributed by atoms with E-state index in [4.69, 9.17) is 18.0 Å². The second-order valence-electron chi connectivity index (χ2n) is 12.5. The molecule has 0 saturated heterocycles. The molecule has 1 aliphatic carbocycles. The molecule has 1 saturated carbocycles. The topological polar surface area (TPSA) is 77.1 Å². The number of terminal acetylenes is 1. The maximum absolute atomic E-state index is 14.0. The van der Waals surface area contributed by atoms with Gasteiger partial charge in [0.1, 0.15) is 0 Å². The van der Waals surface area contributed by atoms with Crippen LogP contribution < -0.4 is 21.6 Å². The molecule has 1 aromatic carbocycles. The number of benzene rings is 1. The van der Waals surface area contributed by atoms with Gasteiger partial charge in [-0.05, 0) is 63.1 Å². The molecule has 1 fully saturated rings. The molecule has 210 valence electrons. The van der Waals surface area contributed by atoms with E-state index in [9.17, 15) is 4.39 Å². The largest absolute Gasteiger partial charge is 0.383 e. The van der Waals surface area contributed by atoms with Crippen LogP contribution in [0.1, 0.15) is 70.3 Å². The maximum Gasteiger partial charge on any atom is 0.213 e. The Bertz CT molecular complexity index is 1510. The minimum Gasteiger partial charge on any atom is -0.383 e. The fraction of sp³-hybridized carbons (Fsp3) is 0.419. The summed E-state index contributed by atoms with van der Waals surface area (Å²) < 4.78 is 14.0. The number of halogens is 2. The van der Waals surface area contributed by atoms with Gasteiger partial charge in [0.25, 0.3) is 0 Å². The number of hydrogen-bond donors (Lipinski definition) is 4. The standard InChI is InChI=1S/C31H37ClFN7/c1-8-19-15-34-28-23(27(19)35-17-30(3,4)5)13-21(14-24(28)32)37-29(22-11-12-26(33)36-18(22)2)25-16-40(39-38-25)31(6,7)20-9-10-20/h1,11-16,20,29,37-39H,9-10,17H2,2-7H3,(H,34,35)/t29-/m0/s1. The van der Waals surface area contributed by atoms with E-state index >= 15 is 0 Å². The molecule has 0 bridgehead atoms. The summed E-state index contributed by atoms with van der Waals surface area (Å²) in [7, 11) is 0. The van der Waals surface area contributed by atoms with Crippen molar-refractivity contribution >= 4 is 33.9 Å². The summed E-state index contributed by atoms with van der Waals surface area (Å²) in [6.45, 7) is 13.5. The summed E-state index contributed by atoms with van der Waals surface area (Å²) in [4.78, 5) is 8.66. The van der Waals surface area contributed by atoms with Crippen molar-refractivity contribution in [1.29, 1.82) is 0 Å². The first-order valence-corrected chi connectivity index (χ1v) is 14.0. The van der Waals surface area contributed by atoms with Gasteiger partial charge in [0.2, 0.25) is 5.95 Å². The second-order valence-corrected chi connectivity index (χ2v) is 12.9. The second kappa shape index (κ2) is 10.5. The first-order valence-electron chi connectivity index (χ1n) is 13.6. The fourth-order valence-electron chi connectivity index (χ4n) is 5.10. The van der Waals surface area contributed by atoms with E-state index in [0.717, 1.165) is 28.0 Å². The van der Waals surface area contributed by atoms with E-state index in [1.807, 2.05) is 19.1 Å². The van der Waals surface area contributed by atoms with Crippen molar-refractivity contribution in [1.82, 2.24) is 25.9 Å². The zero-order valence-electron chi connectivity index (χ0n) is 23.9. The van der Waals surface area contributed by atoms with Crippen LogP contribution in [0.5, 0.6) is 0 Å². The van der Waals surface area contributed by atoms with Crippen molar-refractivity contribution in [3.05, 3.63) is 70.2 Å². The molecule has 5 rings (SSSR count). The molecule has 3 aromatic rings. The molecule has 0 spiro atoms. The van der Waals surface area contributed by atoms with Crippen LogP contribution in [0.25, 0.3) is 10.9 Å². The van der Waals surface area contributed by atoms with Gasteiger partial charge < -0.3 is 16.1 Å². The Hall–Kier alpha value is -3.54. The van der Waals surface area contributed by atoms with Crippen LogP contribution in [-0.2, 0) is 0 Å². The third-order valence-corrected chi connectivity index (χ3v) is 7.98. The van der Waals surface area contributed by atoms with Gasteiger partial charge in [-0.25, -0.2) is 4.98 Å². The van der Waals surface area contributed by atoms with Crippen molar-refractivity contribution in [2.24, 2.45) is 11.3 Å². The Morgan fingerprint density at radius 2 is 1.98 bits per heavy atom. The molecule has 1 atom stereocenters. The molecule has 0 radical (unpaired) electrons. The van der Waals surface area contributed by atoms with Crippen molar-refractivity contribution in [2.45, 2.75) is 66.0 Å². The Morgan fingerprint density at radius 3 is 2.62 bits per heavy atom. The van der Waals surface area contributed by atoms with E-state index in [1.54, 1.807) is 12.3 Å². The maximum atomic E-state index is 14.0. The molecule has 4 N–H and O–H groups in total. The number of nitrogens with zero attached hydrogens (tertiary/aromatic N) is 3. The molecule has 1 aliphatic heterocycles. The van der Waals surface area contributed by atoms with E-state index in [2.05, 4.69) is 83.3 Å². The zero-order chi connectivity index (χ0) is 28.8. The molecule has 9 heteroatoms. The molecular formula is C31H37ClFN7. The van der Waals surface area contributed by atoms with Crippen LogP contribution >= 0.6 is 11.6 Å². The van der Waals surface area contributed by atoms with Gasteiger partial charge in [0.15, 0.2) is 0 Å². The number of hydrogen-bond acceptors (Lipinski definition) is 7. The summed E-state index contributed by atoms with van der Waals surface area (Å²) in [6.07, 6.45) is 12.0. The highest BCUT2D eigenvalue weighted by Crippen LogP contribution is 2.43. The number of anilines is 2. The molecule has 3 heterocycles. The Balaban J connectivity index is 1.58. The molecule has 0 unspecified atom stereocenters. The molecule has 0 amide bonds. The number of fused-ring (bicyclic) bond motifs is 1. The molecule has 40 heavy (non-hydrogen) atoms. The average molecular weight is 562 g/mol. The van der Waals surface area contributed by atoms with Crippen molar-refractivity contribution in [3.63, 3.8) is 0 Å². The minimum atomic E-state index is -0.515. The van der Waals surface area contributed by atoms with Crippen LogP contribution in [0.15, 0.2) is 42.4 Å². The number of nitrogens with one attached hydrogen (secondary N) is 4. The van der Waals surface area contributed by atoms with Crippen molar-refractivity contribution < 1.29 is 4.39 Å². The summed E-state index contributed by atoms with van der Waals surface area (Å²) in [5.74, 6) is 2.86. The summed E-state index contributed by atoms with van der Waals surface area (Å²) >= 11 is 6.79. The van der Waals surface area contributed by atoms with E-state index in [-0.39, 0.29) is 17.0 Å². The van der Waals surface area contributed by atoms with Crippen molar-refractivity contribution in [2.75, 3.05) is 17.2 Å². The van der Waals surface area contributed by atoms with Gasteiger partial charge in [-0.15, -0.1) is 12.0 Å². The first kappa shape index (κ1) is 28.0. The van der Waals surface area contributed by atoms with Crippen molar-refractivity contribution in [3.8, 4) is 12.3 Å². The lowest BCUT2D eigenvalue weighted by molar-refractivity contribution is 0.100. The Morgan fingerprint density at radius 1 is 1.23 bits per heavy atom. The molecule has 7 nitrogen and oxygen atoms in total. The third kappa shape index (κ3) is 5.67. The zero-order valence-corrected chi connectivity index (χ0v) is 24.7. The molecule has 2 aromatic heterocycles. The van der Waals surface area contributed by atoms with Crippen LogP contribution in [0.2, 0.25) is 5.02 Å². The summed E-state index contributed by atoms with van der Waals surface area (Å²) in [5.41, 5.74) is 11.9. The normalized spacial score (nSPS) is 16.4. The third-order valence-electron chi connectivity index (χ3n) is 7.69. The van der Waals surface area contributed by atoms with Gasteiger partial charge in [0, 0.05) is 41.3 Å².